The molecule has 0 radical (unpaired) electrons. The molecule has 3 aromatic rings. The van der Waals surface area contributed by atoms with Crippen molar-refractivity contribution in [1.82, 2.24) is 9.30 Å². The van der Waals surface area contributed by atoms with Crippen molar-refractivity contribution >= 4 is 43.2 Å². The Morgan fingerprint density at radius 3 is 2.21 bits per heavy atom. The van der Waals surface area contributed by atoms with E-state index in [2.05, 4.69) is 63.6 Å². The lowest BCUT2D eigenvalue weighted by Crippen LogP contribution is -2.28. The van der Waals surface area contributed by atoms with Gasteiger partial charge in [-0.05, 0) is 107 Å². The van der Waals surface area contributed by atoms with Crippen molar-refractivity contribution in [2.24, 2.45) is 0 Å². The topological polar surface area (TPSA) is 34.0 Å². The fraction of sp³-hybridized carbons (Fsp3) is 0.464. The average molecular weight is 592 g/mol. The van der Waals surface area contributed by atoms with Crippen LogP contribution in [0, 0.1) is 0 Å². The highest BCUT2D eigenvalue weighted by Gasteiger charge is 2.21. The second kappa shape index (κ2) is 13.5. The molecule has 1 aromatic carbocycles. The number of pyridine rings is 1. The molecule has 0 aliphatic rings. The lowest BCUT2D eigenvalue weighted by atomic mass is 10.0. The van der Waals surface area contributed by atoms with Gasteiger partial charge in [0, 0.05) is 23.8 Å². The molecule has 6 heteroatoms. The number of hydrogen-bond acceptors (Lipinski definition) is 3. The molecule has 0 fully saturated rings. The predicted octanol–water partition coefficient (Wildman–Crippen LogP) is 7.93. The maximum Gasteiger partial charge on any atom is 0.210 e. The van der Waals surface area contributed by atoms with Crippen LogP contribution in [0.4, 0.5) is 0 Å². The molecule has 0 amide bonds. The van der Waals surface area contributed by atoms with Crippen LogP contribution in [0.1, 0.15) is 74.5 Å². The molecule has 184 valence electrons. The second-order valence-electron chi connectivity index (χ2n) is 8.72. The van der Waals surface area contributed by atoms with Crippen molar-refractivity contribution in [3.8, 4) is 5.75 Å². The van der Waals surface area contributed by atoms with Crippen LogP contribution in [0.15, 0.2) is 51.5 Å². The minimum atomic E-state index is 0.0125. The molecule has 0 atom stereocenters. The number of carbonyl (C=O) groups excluding carboxylic acids is 1. The molecule has 0 spiro atoms. The van der Waals surface area contributed by atoms with Gasteiger partial charge >= 0.3 is 0 Å². The van der Waals surface area contributed by atoms with Crippen LogP contribution in [-0.4, -0.2) is 41.3 Å². The molecule has 3 rings (SSSR count). The van der Waals surface area contributed by atoms with E-state index in [0.29, 0.717) is 12.2 Å². The SMILES string of the molecule is CCCCN(CCCC)CCCOc1c(Br)cc(C(=O)c2c(CC)cc3ccccn23)cc1Br. The number of rotatable bonds is 14. The van der Waals surface area contributed by atoms with Crippen LogP contribution < -0.4 is 4.74 Å². The van der Waals surface area contributed by atoms with Gasteiger partial charge in [0.2, 0.25) is 5.78 Å². The van der Waals surface area contributed by atoms with Crippen molar-refractivity contribution in [3.63, 3.8) is 0 Å². The third-order valence-corrected chi connectivity index (χ3v) is 7.31. The van der Waals surface area contributed by atoms with Gasteiger partial charge in [-0.3, -0.25) is 4.79 Å². The summed E-state index contributed by atoms with van der Waals surface area (Å²) in [7, 11) is 0. The summed E-state index contributed by atoms with van der Waals surface area (Å²) in [5.74, 6) is 0.763. The molecular weight excluding hydrogens is 556 g/mol. The van der Waals surface area contributed by atoms with Gasteiger partial charge in [-0.15, -0.1) is 0 Å². The maximum absolute atomic E-state index is 13.5. The number of unbranched alkanes of at least 4 members (excludes halogenated alkanes) is 2. The van der Waals surface area contributed by atoms with Gasteiger partial charge in [-0.1, -0.05) is 39.7 Å². The fourth-order valence-electron chi connectivity index (χ4n) is 4.23. The van der Waals surface area contributed by atoms with E-state index in [1.165, 1.54) is 25.7 Å². The van der Waals surface area contributed by atoms with Crippen molar-refractivity contribution in [2.45, 2.75) is 59.3 Å². The Morgan fingerprint density at radius 1 is 0.941 bits per heavy atom. The highest BCUT2D eigenvalue weighted by molar-refractivity contribution is 9.11. The molecule has 0 saturated carbocycles. The Labute approximate surface area is 220 Å². The van der Waals surface area contributed by atoms with Crippen LogP contribution in [0.5, 0.6) is 5.75 Å². The van der Waals surface area contributed by atoms with E-state index in [9.17, 15) is 4.79 Å². The summed E-state index contributed by atoms with van der Waals surface area (Å²) < 4.78 is 9.69. The van der Waals surface area contributed by atoms with Gasteiger partial charge in [0.05, 0.1) is 21.2 Å². The number of ketones is 1. The van der Waals surface area contributed by atoms with Crippen molar-refractivity contribution in [3.05, 3.63) is 68.4 Å². The number of nitrogens with zero attached hydrogens (tertiary/aromatic N) is 2. The van der Waals surface area contributed by atoms with E-state index >= 15 is 0 Å². The Morgan fingerprint density at radius 2 is 1.59 bits per heavy atom. The number of halogens is 2. The van der Waals surface area contributed by atoms with Gasteiger partial charge < -0.3 is 14.0 Å². The summed E-state index contributed by atoms with van der Waals surface area (Å²) in [6.45, 7) is 10.6. The molecule has 0 bridgehead atoms. The smallest absolute Gasteiger partial charge is 0.210 e. The number of ether oxygens (including phenoxy) is 1. The first-order valence-electron chi connectivity index (χ1n) is 12.5. The number of hydrogen-bond donors (Lipinski definition) is 0. The fourth-order valence-corrected chi connectivity index (χ4v) is 5.65. The first kappa shape index (κ1) is 27.0. The highest BCUT2D eigenvalue weighted by atomic mass is 79.9. The summed E-state index contributed by atoms with van der Waals surface area (Å²) in [6, 6.07) is 11.8. The lowest BCUT2D eigenvalue weighted by molar-refractivity contribution is 0.103. The zero-order valence-corrected chi connectivity index (χ0v) is 23.8. The third kappa shape index (κ3) is 6.73. The second-order valence-corrected chi connectivity index (χ2v) is 10.4. The quantitative estimate of drug-likeness (QED) is 0.141. The van der Waals surface area contributed by atoms with E-state index in [0.717, 1.165) is 63.9 Å². The molecule has 0 unspecified atom stereocenters. The van der Waals surface area contributed by atoms with Gasteiger partial charge in [0.25, 0.3) is 0 Å². The van der Waals surface area contributed by atoms with Crippen LogP contribution in [0.2, 0.25) is 0 Å². The summed E-state index contributed by atoms with van der Waals surface area (Å²) in [5, 5.41) is 0. The Hall–Kier alpha value is -1.63. The average Bonchev–Trinajstić information content (AvgIpc) is 3.22. The zero-order chi connectivity index (χ0) is 24.5. The normalized spacial score (nSPS) is 11.5. The zero-order valence-electron chi connectivity index (χ0n) is 20.6. The van der Waals surface area contributed by atoms with Crippen LogP contribution in [0.25, 0.3) is 5.52 Å². The number of carbonyl (C=O) groups is 1. The van der Waals surface area contributed by atoms with E-state index in [-0.39, 0.29) is 5.78 Å². The Balaban J connectivity index is 1.69. The summed E-state index contributed by atoms with van der Waals surface area (Å²) in [5.41, 5.74) is 3.45. The van der Waals surface area contributed by atoms with Gasteiger partial charge in [0.15, 0.2) is 0 Å². The largest absolute Gasteiger partial charge is 0.491 e. The number of aromatic nitrogens is 1. The minimum absolute atomic E-state index is 0.0125. The summed E-state index contributed by atoms with van der Waals surface area (Å²) >= 11 is 7.28. The number of aryl methyl sites for hydroxylation is 1. The van der Waals surface area contributed by atoms with Crippen LogP contribution in [-0.2, 0) is 6.42 Å². The predicted molar refractivity (Wildman–Crippen MR) is 148 cm³/mol. The first-order chi connectivity index (χ1) is 16.5. The molecular formula is C28H36Br2N2O2. The van der Waals surface area contributed by atoms with Crippen LogP contribution in [0.3, 0.4) is 0 Å². The molecule has 0 aliphatic carbocycles. The van der Waals surface area contributed by atoms with Crippen molar-refractivity contribution in [2.75, 3.05) is 26.2 Å². The molecule has 0 aliphatic heterocycles. The highest BCUT2D eigenvalue weighted by Crippen LogP contribution is 2.36. The summed E-state index contributed by atoms with van der Waals surface area (Å²) in [6.07, 6.45) is 8.67. The standard InChI is InChI=1S/C28H36Br2N2O2/c1-4-7-13-31(14-8-5-2)15-11-17-34-28-24(29)19-22(20-25(28)30)27(33)26-21(6-3)18-23-12-9-10-16-32(23)26/h9-10,12,16,18-20H,4-8,11,13-15,17H2,1-3H3. The van der Waals surface area contributed by atoms with E-state index < -0.39 is 0 Å². The minimum Gasteiger partial charge on any atom is -0.491 e. The van der Waals surface area contributed by atoms with E-state index in [4.69, 9.17) is 4.74 Å². The molecule has 34 heavy (non-hydrogen) atoms. The molecule has 2 heterocycles. The number of benzene rings is 1. The molecule has 0 N–H and O–H groups in total. The maximum atomic E-state index is 13.5. The molecule has 0 saturated heterocycles. The van der Waals surface area contributed by atoms with Gasteiger partial charge in [-0.2, -0.15) is 0 Å². The van der Waals surface area contributed by atoms with Crippen molar-refractivity contribution < 1.29 is 9.53 Å². The number of fused-ring (bicyclic) bond motifs is 1. The monoisotopic (exact) mass is 590 g/mol. The lowest BCUT2D eigenvalue weighted by Gasteiger charge is -2.22. The summed E-state index contributed by atoms with van der Waals surface area (Å²) in [4.78, 5) is 16.1. The molecule has 2 aromatic heterocycles. The third-order valence-electron chi connectivity index (χ3n) is 6.14. The Kier molecular flexibility index (Phi) is 10.7. The molecule has 4 nitrogen and oxygen atoms in total. The Bertz CT molecular complexity index is 1060. The van der Waals surface area contributed by atoms with Gasteiger partial charge in [-0.25, -0.2) is 0 Å². The van der Waals surface area contributed by atoms with Crippen molar-refractivity contribution in [1.29, 1.82) is 0 Å². The first-order valence-corrected chi connectivity index (χ1v) is 14.1. The van der Waals surface area contributed by atoms with E-state index in [1.54, 1.807) is 0 Å². The van der Waals surface area contributed by atoms with Crippen LogP contribution >= 0.6 is 31.9 Å². The van der Waals surface area contributed by atoms with E-state index in [1.807, 2.05) is 40.9 Å². The van der Waals surface area contributed by atoms with Gasteiger partial charge in [0.1, 0.15) is 5.75 Å².